The number of benzene rings is 1. The molecule has 0 radical (unpaired) electrons. The van der Waals surface area contributed by atoms with Gasteiger partial charge in [0.25, 0.3) is 5.69 Å². The molecule has 1 heterocycles. The zero-order valence-electron chi connectivity index (χ0n) is 10.9. The molecule has 0 aliphatic heterocycles. The van der Waals surface area contributed by atoms with Gasteiger partial charge in [0, 0.05) is 17.2 Å². The Kier molecular flexibility index (Phi) is 4.56. The molecule has 2 aromatic rings. The van der Waals surface area contributed by atoms with E-state index in [-0.39, 0.29) is 32.6 Å². The molecule has 0 fully saturated rings. The maximum absolute atomic E-state index is 11.1. The summed E-state index contributed by atoms with van der Waals surface area (Å²) in [7, 11) is 0. The monoisotopic (exact) mass is 333 g/mol. The number of nitro benzene ring substituents is 1. The number of thiocarbonyl (C=S) groups is 1. The van der Waals surface area contributed by atoms with Gasteiger partial charge in [-0.1, -0.05) is 23.8 Å². The number of nitrogens with two attached hydrogens (primary N) is 1. The molecule has 0 saturated carbocycles. The van der Waals surface area contributed by atoms with E-state index in [1.54, 1.807) is 12.1 Å². The SMILES string of the molecule is N#C/C(=C\c1ccc(-c2ccc(Cl)cc2[N+](=O)[O-])o1)C(N)=S. The van der Waals surface area contributed by atoms with Crippen molar-refractivity contribution in [2.45, 2.75) is 0 Å². The average Bonchev–Trinajstić information content (AvgIpc) is 2.92. The van der Waals surface area contributed by atoms with Gasteiger partial charge in [-0.3, -0.25) is 10.1 Å². The Labute approximate surface area is 135 Å². The lowest BCUT2D eigenvalue weighted by atomic mass is 10.1. The maximum Gasteiger partial charge on any atom is 0.281 e. The lowest BCUT2D eigenvalue weighted by Crippen LogP contribution is -2.09. The molecule has 0 amide bonds. The van der Waals surface area contributed by atoms with Crippen molar-refractivity contribution in [3.8, 4) is 17.4 Å². The van der Waals surface area contributed by atoms with Crippen LogP contribution in [0, 0.1) is 21.4 Å². The highest BCUT2D eigenvalue weighted by Gasteiger charge is 2.18. The fourth-order valence-electron chi connectivity index (χ4n) is 1.74. The summed E-state index contributed by atoms with van der Waals surface area (Å²) in [6, 6.07) is 9.21. The fraction of sp³-hybridized carbons (Fsp3) is 0. The summed E-state index contributed by atoms with van der Waals surface area (Å²) in [5.74, 6) is 0.582. The highest BCUT2D eigenvalue weighted by Crippen LogP contribution is 2.33. The van der Waals surface area contributed by atoms with E-state index in [1.165, 1.54) is 24.3 Å². The smallest absolute Gasteiger partial charge is 0.281 e. The first-order chi connectivity index (χ1) is 10.4. The van der Waals surface area contributed by atoms with Crippen molar-refractivity contribution >= 4 is 40.6 Å². The molecule has 22 heavy (non-hydrogen) atoms. The van der Waals surface area contributed by atoms with Gasteiger partial charge in [-0.25, -0.2) is 0 Å². The minimum atomic E-state index is -0.547. The number of rotatable bonds is 4. The van der Waals surface area contributed by atoms with Crippen LogP contribution in [0.3, 0.4) is 0 Å². The minimum Gasteiger partial charge on any atom is -0.456 e. The Bertz CT molecular complexity index is 836. The molecule has 6 nitrogen and oxygen atoms in total. The topological polar surface area (TPSA) is 106 Å². The first kappa shape index (κ1) is 15.7. The van der Waals surface area contributed by atoms with Crippen molar-refractivity contribution in [2.75, 3.05) is 0 Å². The Morgan fingerprint density at radius 1 is 1.45 bits per heavy atom. The lowest BCUT2D eigenvalue weighted by Gasteiger charge is -2.00. The zero-order valence-corrected chi connectivity index (χ0v) is 12.5. The van der Waals surface area contributed by atoms with Gasteiger partial charge < -0.3 is 10.2 Å². The van der Waals surface area contributed by atoms with Crippen LogP contribution in [0.15, 0.2) is 40.3 Å². The van der Waals surface area contributed by atoms with Crippen LogP contribution in [0.2, 0.25) is 5.02 Å². The van der Waals surface area contributed by atoms with Crippen molar-refractivity contribution in [3.63, 3.8) is 0 Å². The second kappa shape index (κ2) is 6.39. The second-order valence-corrected chi connectivity index (χ2v) is 5.03. The zero-order chi connectivity index (χ0) is 16.3. The third-order valence-electron chi connectivity index (χ3n) is 2.72. The van der Waals surface area contributed by atoms with E-state index >= 15 is 0 Å². The average molecular weight is 334 g/mol. The van der Waals surface area contributed by atoms with Gasteiger partial charge in [0.2, 0.25) is 0 Å². The Balaban J connectivity index is 2.48. The van der Waals surface area contributed by atoms with Crippen LogP contribution in [0.25, 0.3) is 17.4 Å². The predicted octanol–water partition coefficient (Wildman–Crippen LogP) is 3.70. The van der Waals surface area contributed by atoms with Crippen LogP contribution in [0.1, 0.15) is 5.76 Å². The van der Waals surface area contributed by atoms with Gasteiger partial charge in [-0.15, -0.1) is 0 Å². The molecular formula is C14H8ClN3O3S. The summed E-state index contributed by atoms with van der Waals surface area (Å²) in [5.41, 5.74) is 5.58. The van der Waals surface area contributed by atoms with Gasteiger partial charge in [0.05, 0.1) is 16.1 Å². The highest BCUT2D eigenvalue weighted by molar-refractivity contribution is 7.80. The van der Waals surface area contributed by atoms with Crippen LogP contribution in [-0.4, -0.2) is 9.91 Å². The number of halogens is 1. The van der Waals surface area contributed by atoms with Crippen molar-refractivity contribution in [2.24, 2.45) is 5.73 Å². The van der Waals surface area contributed by atoms with Crippen molar-refractivity contribution in [1.29, 1.82) is 5.26 Å². The van der Waals surface area contributed by atoms with Crippen LogP contribution in [0.5, 0.6) is 0 Å². The van der Waals surface area contributed by atoms with Gasteiger partial charge in [-0.2, -0.15) is 5.26 Å². The van der Waals surface area contributed by atoms with Gasteiger partial charge in [0.15, 0.2) is 0 Å². The first-order valence-corrected chi connectivity index (χ1v) is 6.66. The van der Waals surface area contributed by atoms with E-state index in [4.69, 9.17) is 39.2 Å². The van der Waals surface area contributed by atoms with Crippen molar-refractivity contribution < 1.29 is 9.34 Å². The molecular weight excluding hydrogens is 326 g/mol. The largest absolute Gasteiger partial charge is 0.456 e. The summed E-state index contributed by atoms with van der Waals surface area (Å²) < 4.78 is 5.49. The molecule has 2 rings (SSSR count). The number of hydrogen-bond acceptors (Lipinski definition) is 5. The van der Waals surface area contributed by atoms with Crippen LogP contribution < -0.4 is 5.73 Å². The molecule has 8 heteroatoms. The Hall–Kier alpha value is -2.69. The number of hydrogen-bond donors (Lipinski definition) is 1. The fourth-order valence-corrected chi connectivity index (χ4v) is 2.01. The van der Waals surface area contributed by atoms with E-state index < -0.39 is 4.92 Å². The molecule has 1 aromatic carbocycles. The standard InChI is InChI=1S/C14H8ClN3O3S/c15-9-1-3-11(12(6-9)18(19)20)13-4-2-10(21-13)5-8(7-16)14(17)22/h1-6H,(H2,17,22)/b8-5+. The normalized spacial score (nSPS) is 11.0. The second-order valence-electron chi connectivity index (χ2n) is 4.15. The Morgan fingerprint density at radius 3 is 2.77 bits per heavy atom. The van der Waals surface area contributed by atoms with Gasteiger partial charge >= 0.3 is 0 Å². The number of nitrogens with zero attached hydrogens (tertiary/aromatic N) is 2. The molecule has 110 valence electrons. The van der Waals surface area contributed by atoms with Crippen molar-refractivity contribution in [3.05, 3.63) is 56.8 Å². The molecule has 0 saturated heterocycles. The van der Waals surface area contributed by atoms with E-state index in [9.17, 15) is 10.1 Å². The molecule has 1 aromatic heterocycles. The summed E-state index contributed by atoms with van der Waals surface area (Å²) in [6.45, 7) is 0. The van der Waals surface area contributed by atoms with Crippen LogP contribution >= 0.6 is 23.8 Å². The molecule has 0 spiro atoms. The summed E-state index contributed by atoms with van der Waals surface area (Å²) in [4.78, 5) is 10.5. The van der Waals surface area contributed by atoms with Gasteiger partial charge in [-0.05, 0) is 24.3 Å². The molecule has 0 bridgehead atoms. The molecule has 0 atom stereocenters. The van der Waals surface area contributed by atoms with E-state index in [1.807, 2.05) is 6.07 Å². The first-order valence-electron chi connectivity index (χ1n) is 5.88. The minimum absolute atomic E-state index is 0.0575. The number of furan rings is 1. The summed E-state index contributed by atoms with van der Waals surface area (Å²) in [5, 5.41) is 20.2. The number of nitro groups is 1. The molecule has 0 aliphatic carbocycles. The molecule has 0 unspecified atom stereocenters. The maximum atomic E-state index is 11.1. The quantitative estimate of drug-likeness (QED) is 0.300. The van der Waals surface area contributed by atoms with Crippen LogP contribution in [0.4, 0.5) is 5.69 Å². The van der Waals surface area contributed by atoms with E-state index in [0.717, 1.165) is 0 Å². The van der Waals surface area contributed by atoms with E-state index in [2.05, 4.69) is 0 Å². The summed E-state index contributed by atoms with van der Waals surface area (Å²) >= 11 is 10.5. The van der Waals surface area contributed by atoms with E-state index in [0.29, 0.717) is 5.76 Å². The third kappa shape index (κ3) is 3.31. The Morgan fingerprint density at radius 2 is 2.18 bits per heavy atom. The van der Waals surface area contributed by atoms with Crippen LogP contribution in [-0.2, 0) is 0 Å². The molecule has 0 aliphatic rings. The summed E-state index contributed by atoms with van der Waals surface area (Å²) in [6.07, 6.45) is 1.37. The number of nitriles is 1. The highest BCUT2D eigenvalue weighted by atomic mass is 35.5. The third-order valence-corrected chi connectivity index (χ3v) is 3.18. The van der Waals surface area contributed by atoms with Gasteiger partial charge in [0.1, 0.15) is 22.6 Å². The van der Waals surface area contributed by atoms with Crippen molar-refractivity contribution in [1.82, 2.24) is 0 Å². The predicted molar refractivity (Wildman–Crippen MR) is 86.2 cm³/mol. The molecule has 2 N–H and O–H groups in total. The lowest BCUT2D eigenvalue weighted by molar-refractivity contribution is -0.384.